The summed E-state index contributed by atoms with van der Waals surface area (Å²) < 4.78 is 0. The Morgan fingerprint density at radius 2 is 1.90 bits per heavy atom. The van der Waals surface area contributed by atoms with Gasteiger partial charge in [-0.05, 0) is 44.4 Å². The van der Waals surface area contributed by atoms with Crippen LogP contribution in [0.4, 0.5) is 0 Å². The van der Waals surface area contributed by atoms with Crippen molar-refractivity contribution in [2.45, 2.75) is 90.8 Å². The molecule has 0 aromatic rings. The average molecular weight is 280 g/mol. The maximum absolute atomic E-state index is 3.82. The second kappa shape index (κ2) is 6.79. The lowest BCUT2D eigenvalue weighted by molar-refractivity contribution is -0.00651. The summed E-state index contributed by atoms with van der Waals surface area (Å²) in [5.74, 6) is 1.75. The lowest BCUT2D eigenvalue weighted by Gasteiger charge is -2.52. The Kier molecular flexibility index (Phi) is 5.53. The van der Waals surface area contributed by atoms with Gasteiger partial charge in [-0.25, -0.2) is 0 Å². The van der Waals surface area contributed by atoms with E-state index in [0.29, 0.717) is 5.54 Å². The Bertz CT molecular complexity index is 302. The molecule has 1 saturated carbocycles. The highest BCUT2D eigenvalue weighted by Gasteiger charge is 2.41. The van der Waals surface area contributed by atoms with Gasteiger partial charge in [0.25, 0.3) is 0 Å². The van der Waals surface area contributed by atoms with Crippen molar-refractivity contribution in [2.24, 2.45) is 11.8 Å². The van der Waals surface area contributed by atoms with Crippen LogP contribution in [-0.2, 0) is 0 Å². The Morgan fingerprint density at radius 1 is 1.20 bits per heavy atom. The van der Waals surface area contributed by atoms with Crippen LogP contribution in [0, 0.1) is 11.8 Å². The van der Waals surface area contributed by atoms with Crippen molar-refractivity contribution in [1.82, 2.24) is 10.2 Å². The molecule has 1 heterocycles. The fourth-order valence-electron chi connectivity index (χ4n) is 4.40. The van der Waals surface area contributed by atoms with Crippen LogP contribution in [-0.4, -0.2) is 35.6 Å². The van der Waals surface area contributed by atoms with Crippen molar-refractivity contribution < 1.29 is 0 Å². The zero-order valence-electron chi connectivity index (χ0n) is 14.4. The average Bonchev–Trinajstić information content (AvgIpc) is 2.47. The van der Waals surface area contributed by atoms with Crippen molar-refractivity contribution >= 4 is 0 Å². The Balaban J connectivity index is 2.16. The molecule has 4 atom stereocenters. The maximum Gasteiger partial charge on any atom is 0.0278 e. The highest BCUT2D eigenvalue weighted by Crippen LogP contribution is 2.36. The van der Waals surface area contributed by atoms with Crippen molar-refractivity contribution in [3.05, 3.63) is 0 Å². The lowest BCUT2D eigenvalue weighted by atomic mass is 9.75. The minimum Gasteiger partial charge on any atom is -0.309 e. The largest absolute Gasteiger partial charge is 0.309 e. The molecule has 2 fully saturated rings. The molecular weight excluding hydrogens is 244 g/mol. The van der Waals surface area contributed by atoms with Gasteiger partial charge in [-0.2, -0.15) is 0 Å². The van der Waals surface area contributed by atoms with Crippen molar-refractivity contribution in [3.63, 3.8) is 0 Å². The molecule has 118 valence electrons. The molecule has 2 rings (SSSR count). The van der Waals surface area contributed by atoms with Crippen LogP contribution < -0.4 is 5.32 Å². The predicted molar refractivity (Wildman–Crippen MR) is 88.1 cm³/mol. The number of hydrogen-bond acceptors (Lipinski definition) is 2. The first-order valence-electron chi connectivity index (χ1n) is 9.01. The number of piperazine rings is 1. The third-order valence-corrected chi connectivity index (χ3v) is 6.08. The van der Waals surface area contributed by atoms with E-state index in [-0.39, 0.29) is 0 Å². The van der Waals surface area contributed by atoms with E-state index in [2.05, 4.69) is 44.8 Å². The smallest absolute Gasteiger partial charge is 0.0278 e. The van der Waals surface area contributed by atoms with Gasteiger partial charge >= 0.3 is 0 Å². The summed E-state index contributed by atoms with van der Waals surface area (Å²) >= 11 is 0. The van der Waals surface area contributed by atoms with Crippen LogP contribution in [0.15, 0.2) is 0 Å². The molecule has 0 bridgehead atoms. The van der Waals surface area contributed by atoms with Crippen molar-refractivity contribution in [2.75, 3.05) is 13.1 Å². The quantitative estimate of drug-likeness (QED) is 0.835. The molecule has 1 saturated heterocycles. The standard InChI is InChI=1S/C18H36N2/c1-6-15-12-19-18(5,7-2)13-20(15)17-11-9-8-10-16(17)14(3)4/h14-17,19H,6-13H2,1-5H3. The molecule has 1 aliphatic heterocycles. The highest BCUT2D eigenvalue weighted by molar-refractivity contribution is 4.98. The molecule has 4 unspecified atom stereocenters. The molecular formula is C18H36N2. The molecule has 2 heteroatoms. The molecule has 1 N–H and O–H groups in total. The van der Waals surface area contributed by atoms with Crippen LogP contribution in [0.2, 0.25) is 0 Å². The number of hydrogen-bond donors (Lipinski definition) is 1. The van der Waals surface area contributed by atoms with Gasteiger partial charge in [-0.1, -0.05) is 40.5 Å². The molecule has 0 amide bonds. The minimum atomic E-state index is 0.324. The lowest BCUT2D eigenvalue weighted by Crippen LogP contribution is -2.66. The second-order valence-electron chi connectivity index (χ2n) is 7.79. The van der Waals surface area contributed by atoms with Gasteiger partial charge in [0, 0.05) is 30.7 Å². The van der Waals surface area contributed by atoms with Gasteiger partial charge < -0.3 is 5.32 Å². The highest BCUT2D eigenvalue weighted by atomic mass is 15.3. The van der Waals surface area contributed by atoms with Gasteiger partial charge in [-0.15, -0.1) is 0 Å². The Hall–Kier alpha value is -0.0800. The van der Waals surface area contributed by atoms with Crippen molar-refractivity contribution in [3.8, 4) is 0 Å². The molecule has 0 radical (unpaired) electrons. The summed E-state index contributed by atoms with van der Waals surface area (Å²) in [6.45, 7) is 14.4. The SMILES string of the molecule is CCC1CNC(C)(CC)CN1C1CCCCC1C(C)C. The molecule has 1 aliphatic carbocycles. The van der Waals surface area contributed by atoms with Gasteiger partial charge in [0.05, 0.1) is 0 Å². The summed E-state index contributed by atoms with van der Waals surface area (Å²) in [5.41, 5.74) is 0.324. The molecule has 0 aromatic heterocycles. The summed E-state index contributed by atoms with van der Waals surface area (Å²) in [7, 11) is 0. The topological polar surface area (TPSA) is 15.3 Å². The molecule has 2 nitrogen and oxygen atoms in total. The van der Waals surface area contributed by atoms with Gasteiger partial charge in [0.2, 0.25) is 0 Å². The van der Waals surface area contributed by atoms with Crippen LogP contribution in [0.25, 0.3) is 0 Å². The fourth-order valence-corrected chi connectivity index (χ4v) is 4.40. The third kappa shape index (κ3) is 3.39. The molecule has 0 spiro atoms. The first kappa shape index (κ1) is 16.3. The van der Waals surface area contributed by atoms with Gasteiger partial charge in [0.15, 0.2) is 0 Å². The van der Waals surface area contributed by atoms with Crippen LogP contribution >= 0.6 is 0 Å². The van der Waals surface area contributed by atoms with Crippen LogP contribution in [0.3, 0.4) is 0 Å². The summed E-state index contributed by atoms with van der Waals surface area (Å²) in [6, 6.07) is 1.58. The molecule has 2 aliphatic rings. The van der Waals surface area contributed by atoms with Crippen molar-refractivity contribution in [1.29, 1.82) is 0 Å². The van der Waals surface area contributed by atoms with E-state index in [0.717, 1.165) is 23.9 Å². The summed E-state index contributed by atoms with van der Waals surface area (Å²) in [5, 5.41) is 3.82. The second-order valence-corrected chi connectivity index (χ2v) is 7.79. The van der Waals surface area contributed by atoms with E-state index >= 15 is 0 Å². The number of nitrogens with zero attached hydrogens (tertiary/aromatic N) is 1. The van der Waals surface area contributed by atoms with E-state index in [9.17, 15) is 0 Å². The Morgan fingerprint density at radius 3 is 2.50 bits per heavy atom. The predicted octanol–water partition coefficient (Wildman–Crippen LogP) is 4.05. The normalized spacial score (nSPS) is 40.2. The summed E-state index contributed by atoms with van der Waals surface area (Å²) in [6.07, 6.45) is 8.29. The fraction of sp³-hybridized carbons (Fsp3) is 1.00. The first-order valence-corrected chi connectivity index (χ1v) is 9.01. The molecule has 0 aromatic carbocycles. The Labute approximate surface area is 126 Å². The van der Waals surface area contributed by atoms with E-state index < -0.39 is 0 Å². The first-order chi connectivity index (χ1) is 9.50. The van der Waals surface area contributed by atoms with E-state index in [4.69, 9.17) is 0 Å². The maximum atomic E-state index is 3.82. The summed E-state index contributed by atoms with van der Waals surface area (Å²) in [4.78, 5) is 2.91. The van der Waals surface area contributed by atoms with Crippen LogP contribution in [0.1, 0.15) is 73.1 Å². The third-order valence-electron chi connectivity index (χ3n) is 6.08. The van der Waals surface area contributed by atoms with E-state index in [1.54, 1.807) is 0 Å². The van der Waals surface area contributed by atoms with Gasteiger partial charge in [0.1, 0.15) is 0 Å². The zero-order valence-corrected chi connectivity index (χ0v) is 14.4. The van der Waals surface area contributed by atoms with E-state index in [1.807, 2.05) is 0 Å². The number of nitrogens with one attached hydrogen (secondary N) is 1. The number of rotatable bonds is 4. The van der Waals surface area contributed by atoms with Gasteiger partial charge in [-0.3, -0.25) is 4.90 Å². The monoisotopic (exact) mass is 280 g/mol. The van der Waals surface area contributed by atoms with E-state index in [1.165, 1.54) is 51.6 Å². The molecule has 20 heavy (non-hydrogen) atoms. The van der Waals surface area contributed by atoms with Crippen LogP contribution in [0.5, 0.6) is 0 Å². The minimum absolute atomic E-state index is 0.324. The zero-order chi connectivity index (χ0) is 14.8.